The fraction of sp³-hybridized carbons (Fsp3) is 0.333. The van der Waals surface area contributed by atoms with Gasteiger partial charge in [-0.05, 0) is 92.5 Å². The van der Waals surface area contributed by atoms with Crippen molar-refractivity contribution in [2.75, 3.05) is 23.7 Å². The van der Waals surface area contributed by atoms with E-state index in [1.807, 2.05) is 31.2 Å². The number of carbonyl (C=O) groups excluding carboxylic acids is 2. The van der Waals surface area contributed by atoms with Crippen molar-refractivity contribution in [3.05, 3.63) is 91.7 Å². The van der Waals surface area contributed by atoms with Gasteiger partial charge in [-0.15, -0.1) is 11.3 Å². The van der Waals surface area contributed by atoms with Crippen molar-refractivity contribution in [1.82, 2.24) is 14.5 Å². The Bertz CT molecular complexity index is 1710. The Morgan fingerprint density at radius 3 is 2.58 bits per heavy atom. The maximum absolute atomic E-state index is 13.2. The summed E-state index contributed by atoms with van der Waals surface area (Å²) in [5.74, 6) is 0.217. The number of rotatable bonds is 6. The van der Waals surface area contributed by atoms with E-state index in [1.54, 1.807) is 47.7 Å². The number of carbonyl (C=O) groups is 2. The summed E-state index contributed by atoms with van der Waals surface area (Å²) in [4.78, 5) is 47.2. The lowest BCUT2D eigenvalue weighted by molar-refractivity contribution is 0.0546. The molecule has 3 aromatic heterocycles. The van der Waals surface area contributed by atoms with Crippen molar-refractivity contribution in [2.45, 2.75) is 51.6 Å². The topological polar surface area (TPSA) is 117 Å². The van der Waals surface area contributed by atoms with Crippen molar-refractivity contribution >= 4 is 40.3 Å². The molecule has 2 aliphatic rings. The van der Waals surface area contributed by atoms with Crippen molar-refractivity contribution in [3.63, 3.8) is 0 Å². The van der Waals surface area contributed by atoms with Gasteiger partial charge in [0.2, 0.25) is 0 Å². The molecule has 43 heavy (non-hydrogen) atoms. The van der Waals surface area contributed by atoms with Crippen LogP contribution in [-0.2, 0) is 19.9 Å². The summed E-state index contributed by atoms with van der Waals surface area (Å²) in [6, 6.07) is 13.0. The Hall–Kier alpha value is -4.28. The average Bonchev–Trinajstić information content (AvgIpc) is 3.46. The minimum atomic E-state index is -0.353. The van der Waals surface area contributed by atoms with Gasteiger partial charge in [0.05, 0.1) is 16.5 Å². The van der Waals surface area contributed by atoms with Gasteiger partial charge in [-0.1, -0.05) is 12.1 Å². The molecule has 9 nitrogen and oxygen atoms in total. The largest absolute Gasteiger partial charge is 0.393 e. The zero-order chi connectivity index (χ0) is 30.1. The van der Waals surface area contributed by atoms with Crippen LogP contribution >= 0.6 is 11.3 Å². The Labute approximate surface area is 254 Å². The Morgan fingerprint density at radius 2 is 1.84 bits per heavy atom. The highest BCUT2D eigenvalue weighted by Gasteiger charge is 2.23. The molecule has 4 aromatic rings. The van der Waals surface area contributed by atoms with E-state index in [-0.39, 0.29) is 23.5 Å². The highest BCUT2D eigenvalue weighted by atomic mass is 32.1. The molecule has 0 bridgehead atoms. The number of fused-ring (bicyclic) bond motifs is 1. The maximum Gasteiger partial charge on any atom is 0.274 e. The van der Waals surface area contributed by atoms with Crippen molar-refractivity contribution in [1.29, 1.82) is 0 Å². The summed E-state index contributed by atoms with van der Waals surface area (Å²) in [5, 5.41) is 15.9. The lowest BCUT2D eigenvalue weighted by Gasteiger charge is -2.29. The van der Waals surface area contributed by atoms with E-state index in [2.05, 4.69) is 15.6 Å². The SMILES string of the molecule is Cc1c(NC(=O)c2cc3c(s2)CCCC3)cccc1-c1cc(Nc2ccc(C(=O)N3CCC(O)CC3)cn2)c(=O)n(C)c1. The molecule has 10 heteroatoms. The molecule has 222 valence electrons. The number of nitrogens with zero attached hydrogens (tertiary/aromatic N) is 3. The minimum Gasteiger partial charge on any atom is -0.393 e. The number of nitrogens with one attached hydrogen (secondary N) is 2. The van der Waals surface area contributed by atoms with E-state index < -0.39 is 0 Å². The molecule has 1 aliphatic carbocycles. The molecule has 0 saturated carbocycles. The Kier molecular flexibility index (Phi) is 8.14. The summed E-state index contributed by atoms with van der Waals surface area (Å²) in [6.07, 6.45) is 8.52. The number of hydrogen-bond acceptors (Lipinski definition) is 7. The molecular weight excluding hydrogens is 562 g/mol. The van der Waals surface area contributed by atoms with E-state index in [9.17, 15) is 19.5 Å². The van der Waals surface area contributed by atoms with Gasteiger partial charge in [0.25, 0.3) is 17.4 Å². The first kappa shape index (κ1) is 28.8. The number of likely N-dealkylation sites (tertiary alicyclic amines) is 1. The van der Waals surface area contributed by atoms with Gasteiger partial charge in [0.1, 0.15) is 11.5 Å². The highest BCUT2D eigenvalue weighted by Crippen LogP contribution is 2.32. The number of aliphatic hydroxyl groups excluding tert-OH is 1. The number of pyridine rings is 2. The number of benzene rings is 1. The Balaban J connectivity index is 1.20. The lowest BCUT2D eigenvalue weighted by Crippen LogP contribution is -2.40. The number of piperidine rings is 1. The third kappa shape index (κ3) is 6.11. The van der Waals surface area contributed by atoms with Crippen molar-refractivity contribution in [2.24, 2.45) is 7.05 Å². The molecule has 0 unspecified atom stereocenters. The molecule has 1 aromatic carbocycles. The predicted octanol–water partition coefficient (Wildman–Crippen LogP) is 5.29. The second-order valence-corrected chi connectivity index (χ2v) is 12.5. The first-order valence-corrected chi connectivity index (χ1v) is 15.5. The standard InChI is InChI=1S/C33H35N5O4S/c1-20-25(7-5-8-26(20)36-31(40)29-17-21-6-3-4-9-28(21)43-29)23-16-27(33(42)37(2)19-23)35-30-11-10-22(18-34-30)32(41)38-14-12-24(39)13-15-38/h5,7-8,10-11,16-19,24,39H,3-4,6,9,12-15H2,1-2H3,(H,34,35)(H,36,40). The second-order valence-electron chi connectivity index (χ2n) is 11.3. The molecule has 1 aliphatic heterocycles. The third-order valence-corrected chi connectivity index (χ3v) is 9.56. The van der Waals surface area contributed by atoms with E-state index in [0.717, 1.165) is 40.1 Å². The summed E-state index contributed by atoms with van der Waals surface area (Å²) >= 11 is 1.59. The van der Waals surface area contributed by atoms with Gasteiger partial charge >= 0.3 is 0 Å². The van der Waals surface area contributed by atoms with Gasteiger partial charge in [0.15, 0.2) is 0 Å². The van der Waals surface area contributed by atoms with Gasteiger partial charge in [0, 0.05) is 48.7 Å². The number of thiophene rings is 1. The van der Waals surface area contributed by atoms with Crippen molar-refractivity contribution in [3.8, 4) is 11.1 Å². The summed E-state index contributed by atoms with van der Waals surface area (Å²) in [5.41, 5.74) is 5.20. The number of aliphatic hydroxyl groups is 1. The molecule has 0 radical (unpaired) electrons. The Morgan fingerprint density at radius 1 is 1.05 bits per heavy atom. The zero-order valence-corrected chi connectivity index (χ0v) is 25.2. The van der Waals surface area contributed by atoms with E-state index in [0.29, 0.717) is 43.0 Å². The minimum absolute atomic E-state index is 0.103. The fourth-order valence-corrected chi connectivity index (χ4v) is 6.95. The summed E-state index contributed by atoms with van der Waals surface area (Å²) in [6.45, 7) is 3.00. The molecule has 1 saturated heterocycles. The molecule has 2 amide bonds. The van der Waals surface area contributed by atoms with Gasteiger partial charge < -0.3 is 25.2 Å². The smallest absolute Gasteiger partial charge is 0.274 e. The molecule has 6 rings (SSSR count). The lowest BCUT2D eigenvalue weighted by atomic mass is 9.99. The van der Waals surface area contributed by atoms with Crippen LogP contribution in [0.15, 0.2) is 59.7 Å². The van der Waals surface area contributed by atoms with Crippen molar-refractivity contribution < 1.29 is 14.7 Å². The van der Waals surface area contributed by atoms with Crippen LogP contribution in [0.1, 0.15) is 61.7 Å². The van der Waals surface area contributed by atoms with Crippen LogP contribution in [0.5, 0.6) is 0 Å². The van der Waals surface area contributed by atoms with Gasteiger partial charge in [-0.25, -0.2) is 4.98 Å². The fourth-order valence-electron chi connectivity index (χ4n) is 5.80. The first-order valence-electron chi connectivity index (χ1n) is 14.7. The van der Waals surface area contributed by atoms with Gasteiger partial charge in [-0.3, -0.25) is 14.4 Å². The molecule has 0 spiro atoms. The quantitative estimate of drug-likeness (QED) is 0.278. The summed E-state index contributed by atoms with van der Waals surface area (Å²) in [7, 11) is 1.70. The first-order chi connectivity index (χ1) is 20.8. The van der Waals surface area contributed by atoms with Crippen LogP contribution in [0.3, 0.4) is 0 Å². The zero-order valence-electron chi connectivity index (χ0n) is 24.4. The van der Waals surface area contributed by atoms with E-state index in [4.69, 9.17) is 0 Å². The maximum atomic E-state index is 13.2. The normalized spacial score (nSPS) is 15.2. The highest BCUT2D eigenvalue weighted by molar-refractivity contribution is 7.14. The van der Waals surface area contributed by atoms with Crippen LogP contribution in [0.25, 0.3) is 11.1 Å². The number of anilines is 3. The van der Waals surface area contributed by atoms with Crippen LogP contribution in [0.4, 0.5) is 17.2 Å². The van der Waals surface area contributed by atoms with E-state index in [1.165, 1.54) is 34.0 Å². The predicted molar refractivity (Wildman–Crippen MR) is 169 cm³/mol. The van der Waals surface area contributed by atoms with Crippen LogP contribution in [0.2, 0.25) is 0 Å². The van der Waals surface area contributed by atoms with Gasteiger partial charge in [-0.2, -0.15) is 0 Å². The second kappa shape index (κ2) is 12.1. The monoisotopic (exact) mass is 597 g/mol. The van der Waals surface area contributed by atoms with Crippen LogP contribution in [0, 0.1) is 6.92 Å². The molecule has 0 atom stereocenters. The molecular formula is C33H35N5O4S. The number of aromatic nitrogens is 2. The molecule has 4 heterocycles. The third-order valence-electron chi connectivity index (χ3n) is 8.32. The number of hydrogen-bond donors (Lipinski definition) is 3. The average molecular weight is 598 g/mol. The van der Waals surface area contributed by atoms with Crippen LogP contribution < -0.4 is 16.2 Å². The number of aryl methyl sites for hydroxylation is 3. The summed E-state index contributed by atoms with van der Waals surface area (Å²) < 4.78 is 1.52. The molecule has 1 fully saturated rings. The van der Waals surface area contributed by atoms with Crippen LogP contribution in [-0.4, -0.2) is 50.6 Å². The van der Waals surface area contributed by atoms with E-state index >= 15 is 0 Å². The number of amides is 2. The molecule has 3 N–H and O–H groups in total.